The van der Waals surface area contributed by atoms with Crippen molar-refractivity contribution in [3.8, 4) is 0 Å². The molecule has 168 valence electrons. The smallest absolute Gasteiger partial charge is 0.00955 e. The zero-order valence-electron chi connectivity index (χ0n) is 20.8. The van der Waals surface area contributed by atoms with Gasteiger partial charge in [0.1, 0.15) is 0 Å². The summed E-state index contributed by atoms with van der Waals surface area (Å²) in [6, 6.07) is 13.6. The van der Waals surface area contributed by atoms with Gasteiger partial charge in [0.25, 0.3) is 0 Å². The standard InChI is InChI=1S/C23H30.C9H10/c1-15-12-16-8-6-7-9-17(16)18-10-11-20-19(21(15)18)13-22(2,3)14-23(20,4)5;1-2-5-9-7-3-6-8(9)4-1/h6-7,9-11,15-16H,8,12-14H2,1-5H3;1-2,4-5H,3,6-7H2. The van der Waals surface area contributed by atoms with Crippen LogP contribution in [-0.4, -0.2) is 0 Å². The zero-order valence-corrected chi connectivity index (χ0v) is 20.8. The van der Waals surface area contributed by atoms with E-state index in [0.717, 1.165) is 5.92 Å². The lowest BCUT2D eigenvalue weighted by atomic mass is 9.59. The fourth-order valence-electron chi connectivity index (χ4n) is 7.41. The molecular formula is C32H40. The molecule has 4 aliphatic carbocycles. The van der Waals surface area contributed by atoms with Crippen molar-refractivity contribution in [2.24, 2.45) is 11.3 Å². The average Bonchev–Trinajstić information content (AvgIpc) is 3.21. The number of hydrogen-bond donors (Lipinski definition) is 0. The van der Waals surface area contributed by atoms with Crippen LogP contribution in [0.2, 0.25) is 0 Å². The van der Waals surface area contributed by atoms with Gasteiger partial charge in [-0.3, -0.25) is 0 Å². The SMILES string of the molecule is CC1CC2CC=CC=C2c2ccc3c(c21)CC(C)(C)CC3(C)C.c1ccc2c(c1)CCC2. The summed E-state index contributed by atoms with van der Waals surface area (Å²) in [7, 11) is 0. The molecule has 0 N–H and O–H groups in total. The van der Waals surface area contributed by atoms with Crippen molar-refractivity contribution in [1.29, 1.82) is 0 Å². The van der Waals surface area contributed by atoms with Gasteiger partial charge in [0, 0.05) is 0 Å². The Morgan fingerprint density at radius 3 is 2.34 bits per heavy atom. The molecule has 4 aliphatic rings. The molecule has 2 atom stereocenters. The normalized spacial score (nSPS) is 26.0. The van der Waals surface area contributed by atoms with E-state index >= 15 is 0 Å². The highest BCUT2D eigenvalue weighted by Gasteiger charge is 2.41. The summed E-state index contributed by atoms with van der Waals surface area (Å²) >= 11 is 0. The lowest BCUT2D eigenvalue weighted by Gasteiger charge is -2.45. The number of allylic oxidation sites excluding steroid dienone is 4. The van der Waals surface area contributed by atoms with Crippen molar-refractivity contribution in [3.05, 3.63) is 88.0 Å². The molecule has 0 bridgehead atoms. The number of benzene rings is 2. The zero-order chi connectivity index (χ0) is 22.5. The molecule has 0 radical (unpaired) electrons. The quantitative estimate of drug-likeness (QED) is 0.397. The van der Waals surface area contributed by atoms with E-state index in [-0.39, 0.29) is 0 Å². The van der Waals surface area contributed by atoms with E-state index in [9.17, 15) is 0 Å². The van der Waals surface area contributed by atoms with Crippen LogP contribution in [0.3, 0.4) is 0 Å². The van der Waals surface area contributed by atoms with E-state index in [4.69, 9.17) is 0 Å². The molecule has 0 heteroatoms. The van der Waals surface area contributed by atoms with Gasteiger partial charge in [0.2, 0.25) is 0 Å². The number of fused-ring (bicyclic) bond motifs is 6. The minimum atomic E-state index is 0.295. The Kier molecular flexibility index (Phi) is 5.47. The minimum absolute atomic E-state index is 0.295. The summed E-state index contributed by atoms with van der Waals surface area (Å²) in [6.45, 7) is 12.3. The summed E-state index contributed by atoms with van der Waals surface area (Å²) in [4.78, 5) is 0. The molecule has 2 unspecified atom stereocenters. The Morgan fingerprint density at radius 1 is 0.906 bits per heavy atom. The van der Waals surface area contributed by atoms with Gasteiger partial charge in [0.05, 0.1) is 0 Å². The highest BCUT2D eigenvalue weighted by atomic mass is 14.5. The van der Waals surface area contributed by atoms with Gasteiger partial charge in [-0.1, -0.05) is 89.2 Å². The maximum Gasteiger partial charge on any atom is -0.00955 e. The van der Waals surface area contributed by atoms with Crippen LogP contribution < -0.4 is 0 Å². The van der Waals surface area contributed by atoms with Gasteiger partial charge in [-0.2, -0.15) is 0 Å². The number of aryl methyl sites for hydroxylation is 2. The molecule has 32 heavy (non-hydrogen) atoms. The molecule has 0 spiro atoms. The second-order valence-electron chi connectivity index (χ2n) is 12.2. The average molecular weight is 425 g/mol. The summed E-state index contributed by atoms with van der Waals surface area (Å²) in [5.74, 6) is 1.43. The maximum atomic E-state index is 2.46. The van der Waals surface area contributed by atoms with E-state index in [1.54, 1.807) is 39.0 Å². The van der Waals surface area contributed by atoms with Crippen LogP contribution in [0.5, 0.6) is 0 Å². The van der Waals surface area contributed by atoms with E-state index < -0.39 is 0 Å². The van der Waals surface area contributed by atoms with Gasteiger partial charge in [-0.25, -0.2) is 0 Å². The maximum absolute atomic E-state index is 2.46. The van der Waals surface area contributed by atoms with Crippen molar-refractivity contribution in [2.45, 2.75) is 90.9 Å². The van der Waals surface area contributed by atoms with Gasteiger partial charge < -0.3 is 0 Å². The first-order valence-electron chi connectivity index (χ1n) is 12.9. The van der Waals surface area contributed by atoms with Crippen LogP contribution in [0.15, 0.2) is 54.6 Å². The lowest BCUT2D eigenvalue weighted by molar-refractivity contribution is 0.229. The molecular weight excluding hydrogens is 384 g/mol. The molecule has 0 saturated heterocycles. The molecule has 0 nitrogen and oxygen atoms in total. The Morgan fingerprint density at radius 2 is 1.62 bits per heavy atom. The molecule has 0 heterocycles. The third-order valence-corrected chi connectivity index (χ3v) is 8.39. The first-order chi connectivity index (χ1) is 15.3. The second-order valence-corrected chi connectivity index (χ2v) is 12.2. The molecule has 0 aromatic heterocycles. The van der Waals surface area contributed by atoms with Crippen molar-refractivity contribution < 1.29 is 0 Å². The third-order valence-electron chi connectivity index (χ3n) is 8.39. The minimum Gasteiger partial charge on any atom is -0.0839 e. The predicted octanol–water partition coefficient (Wildman–Crippen LogP) is 8.58. The van der Waals surface area contributed by atoms with E-state index in [1.165, 1.54) is 44.9 Å². The van der Waals surface area contributed by atoms with E-state index in [0.29, 0.717) is 16.7 Å². The number of hydrogen-bond acceptors (Lipinski definition) is 0. The molecule has 0 aliphatic heterocycles. The largest absolute Gasteiger partial charge is 0.0839 e. The Hall–Kier alpha value is -2.08. The second kappa shape index (κ2) is 8.05. The van der Waals surface area contributed by atoms with Gasteiger partial charge >= 0.3 is 0 Å². The van der Waals surface area contributed by atoms with Crippen LogP contribution in [0, 0.1) is 11.3 Å². The van der Waals surface area contributed by atoms with Crippen LogP contribution in [0.4, 0.5) is 0 Å². The van der Waals surface area contributed by atoms with Crippen molar-refractivity contribution in [3.63, 3.8) is 0 Å². The Labute approximate surface area is 195 Å². The molecule has 0 saturated carbocycles. The number of rotatable bonds is 0. The Balaban J connectivity index is 0.000000199. The van der Waals surface area contributed by atoms with Crippen LogP contribution >= 0.6 is 0 Å². The first kappa shape index (κ1) is 21.7. The highest BCUT2D eigenvalue weighted by molar-refractivity contribution is 5.76. The van der Waals surface area contributed by atoms with Crippen LogP contribution in [-0.2, 0) is 24.7 Å². The topological polar surface area (TPSA) is 0 Å². The predicted molar refractivity (Wildman–Crippen MR) is 138 cm³/mol. The molecule has 2 aromatic rings. The summed E-state index contributed by atoms with van der Waals surface area (Å²) in [5, 5.41) is 0. The van der Waals surface area contributed by atoms with Crippen LogP contribution in [0.1, 0.15) is 99.6 Å². The molecule has 0 fully saturated rings. The van der Waals surface area contributed by atoms with Crippen molar-refractivity contribution in [1.82, 2.24) is 0 Å². The van der Waals surface area contributed by atoms with Crippen LogP contribution in [0.25, 0.3) is 5.57 Å². The molecule has 0 amide bonds. The van der Waals surface area contributed by atoms with E-state index in [2.05, 4.69) is 89.2 Å². The van der Waals surface area contributed by atoms with Gasteiger partial charge in [-0.15, -0.1) is 0 Å². The van der Waals surface area contributed by atoms with Gasteiger partial charge in [-0.05, 0) is 107 Å². The fraction of sp³-hybridized carbons (Fsp3) is 0.500. The van der Waals surface area contributed by atoms with Crippen molar-refractivity contribution >= 4 is 5.57 Å². The monoisotopic (exact) mass is 424 g/mol. The van der Waals surface area contributed by atoms with Gasteiger partial charge in [0.15, 0.2) is 0 Å². The fourth-order valence-corrected chi connectivity index (χ4v) is 7.41. The lowest BCUT2D eigenvalue weighted by Crippen LogP contribution is -2.36. The summed E-state index contributed by atoms with van der Waals surface area (Å²) in [6.07, 6.45) is 16.0. The summed E-state index contributed by atoms with van der Waals surface area (Å²) < 4.78 is 0. The first-order valence-corrected chi connectivity index (χ1v) is 12.9. The molecule has 2 aromatic carbocycles. The van der Waals surface area contributed by atoms with Crippen molar-refractivity contribution in [2.75, 3.05) is 0 Å². The summed E-state index contributed by atoms with van der Waals surface area (Å²) in [5.41, 5.74) is 12.0. The molecule has 6 rings (SSSR count). The Bertz CT molecular complexity index is 1050. The highest BCUT2D eigenvalue weighted by Crippen LogP contribution is 2.52. The van der Waals surface area contributed by atoms with E-state index in [1.807, 2.05) is 0 Å². The third kappa shape index (κ3) is 3.91.